The van der Waals surface area contributed by atoms with Crippen molar-refractivity contribution in [2.75, 3.05) is 25.7 Å². The van der Waals surface area contributed by atoms with Crippen LogP contribution in [-0.4, -0.2) is 60.5 Å². The standard InChI is InChI=1S/C24H29ClO6S/c1-24(2,3)31-23(28)18-14-15(21(26)30-12-13-32(5)6)10-11-16(18)20-17(22(27)29-4)8-7-9-19(20)25/h7-8,10-11,14,19H,5,9,12-13H2,1-4,6H3/p+1. The molecule has 0 N–H and O–H groups in total. The minimum Gasteiger partial charge on any atom is -0.465 e. The van der Waals surface area contributed by atoms with Crippen molar-refractivity contribution in [3.05, 3.63) is 52.6 Å². The average Bonchev–Trinajstić information content (AvgIpc) is 2.71. The number of halogens is 1. The zero-order valence-corrected chi connectivity index (χ0v) is 20.7. The van der Waals surface area contributed by atoms with Crippen molar-refractivity contribution >= 4 is 51.4 Å². The van der Waals surface area contributed by atoms with Gasteiger partial charge in [-0.3, -0.25) is 0 Å². The molecule has 0 amide bonds. The molecule has 32 heavy (non-hydrogen) atoms. The maximum absolute atomic E-state index is 13.1. The fourth-order valence-electron chi connectivity index (χ4n) is 3.07. The molecule has 1 aliphatic carbocycles. The minimum atomic E-state index is -0.760. The fraction of sp³-hybridized carbons (Fsp3) is 0.417. The first-order valence-corrected chi connectivity index (χ1v) is 12.7. The molecule has 0 spiro atoms. The van der Waals surface area contributed by atoms with Crippen LogP contribution < -0.4 is 0 Å². The van der Waals surface area contributed by atoms with Crippen LogP contribution in [0.25, 0.3) is 5.57 Å². The van der Waals surface area contributed by atoms with Crippen LogP contribution in [0.5, 0.6) is 0 Å². The van der Waals surface area contributed by atoms with Gasteiger partial charge in [0.25, 0.3) is 0 Å². The Bertz CT molecular complexity index is 987. The molecule has 6 nitrogen and oxygen atoms in total. The summed E-state index contributed by atoms with van der Waals surface area (Å²) in [7, 11) is 0.842. The highest BCUT2D eigenvalue weighted by Crippen LogP contribution is 2.36. The van der Waals surface area contributed by atoms with Crippen LogP contribution in [-0.2, 0) is 29.5 Å². The van der Waals surface area contributed by atoms with Crippen LogP contribution in [0.4, 0.5) is 0 Å². The van der Waals surface area contributed by atoms with E-state index in [-0.39, 0.29) is 23.3 Å². The summed E-state index contributed by atoms with van der Waals surface area (Å²) in [6.45, 7) is 5.49. The summed E-state index contributed by atoms with van der Waals surface area (Å²) in [6.07, 6.45) is 5.87. The topological polar surface area (TPSA) is 78.9 Å². The quantitative estimate of drug-likeness (QED) is 0.147. The van der Waals surface area contributed by atoms with Crippen molar-refractivity contribution in [1.29, 1.82) is 0 Å². The van der Waals surface area contributed by atoms with Crippen LogP contribution in [0.15, 0.2) is 35.9 Å². The Morgan fingerprint density at radius 2 is 1.88 bits per heavy atom. The van der Waals surface area contributed by atoms with Gasteiger partial charge in [0.2, 0.25) is 0 Å². The van der Waals surface area contributed by atoms with Gasteiger partial charge in [0, 0.05) is 5.87 Å². The van der Waals surface area contributed by atoms with Crippen molar-refractivity contribution in [2.45, 2.75) is 38.2 Å². The number of alkyl halides is 1. The third-order valence-electron chi connectivity index (χ3n) is 4.51. The van der Waals surface area contributed by atoms with Crippen molar-refractivity contribution < 1.29 is 28.6 Å². The van der Waals surface area contributed by atoms with E-state index in [9.17, 15) is 14.4 Å². The molecule has 174 valence electrons. The van der Waals surface area contributed by atoms with E-state index in [0.717, 1.165) is 0 Å². The second-order valence-corrected chi connectivity index (χ2v) is 11.1. The first kappa shape index (κ1) is 25.9. The lowest BCUT2D eigenvalue weighted by molar-refractivity contribution is -0.135. The maximum Gasteiger partial charge on any atom is 0.339 e. The second kappa shape index (κ2) is 11.0. The molecule has 0 aliphatic heterocycles. The van der Waals surface area contributed by atoms with Gasteiger partial charge in [-0.2, -0.15) is 0 Å². The van der Waals surface area contributed by atoms with Crippen molar-refractivity contribution in [2.24, 2.45) is 0 Å². The predicted octanol–water partition coefficient (Wildman–Crippen LogP) is 3.71. The fourth-order valence-corrected chi connectivity index (χ4v) is 3.81. The monoisotopic (exact) mass is 481 g/mol. The van der Waals surface area contributed by atoms with Gasteiger partial charge in [-0.05, 0) is 50.5 Å². The smallest absolute Gasteiger partial charge is 0.339 e. The Hall–Kier alpha value is -2.38. The Morgan fingerprint density at radius 1 is 1.19 bits per heavy atom. The van der Waals surface area contributed by atoms with Gasteiger partial charge < -0.3 is 14.2 Å². The zero-order chi connectivity index (χ0) is 24.1. The number of thiol groups is 1. The molecule has 1 aliphatic rings. The van der Waals surface area contributed by atoms with Crippen LogP contribution >= 0.6 is 11.6 Å². The molecule has 2 unspecified atom stereocenters. The first-order valence-electron chi connectivity index (χ1n) is 10.1. The zero-order valence-electron chi connectivity index (χ0n) is 19.1. The van der Waals surface area contributed by atoms with E-state index < -0.39 is 39.4 Å². The second-order valence-electron chi connectivity index (χ2n) is 8.40. The molecule has 1 aromatic carbocycles. The van der Waals surface area contributed by atoms with E-state index in [1.807, 2.05) is 6.26 Å². The van der Waals surface area contributed by atoms with E-state index in [1.165, 1.54) is 13.2 Å². The molecule has 8 heteroatoms. The number of methoxy groups -OCH3 is 1. The molecule has 0 saturated carbocycles. The lowest BCUT2D eigenvalue weighted by Crippen LogP contribution is -2.25. The molecular weight excluding hydrogens is 452 g/mol. The minimum absolute atomic E-state index is 0.127. The number of ether oxygens (including phenoxy) is 3. The molecule has 2 rings (SSSR count). The largest absolute Gasteiger partial charge is 0.465 e. The number of hydrogen-bond acceptors (Lipinski definition) is 6. The Kier molecular flexibility index (Phi) is 8.87. The van der Waals surface area contributed by atoms with Gasteiger partial charge in [-0.25, -0.2) is 14.4 Å². The summed E-state index contributed by atoms with van der Waals surface area (Å²) in [5.74, 6) is 2.87. The summed E-state index contributed by atoms with van der Waals surface area (Å²) in [5, 5.41) is -0.561. The maximum atomic E-state index is 13.1. The lowest BCUT2D eigenvalue weighted by atomic mass is 9.87. The third-order valence-corrected chi connectivity index (χ3v) is 5.85. The van der Waals surface area contributed by atoms with E-state index in [0.29, 0.717) is 23.3 Å². The highest BCUT2D eigenvalue weighted by molar-refractivity contribution is 7.93. The Balaban J connectivity index is 2.59. The molecular formula is C24H30ClO6S+. The molecule has 0 bridgehead atoms. The van der Waals surface area contributed by atoms with Gasteiger partial charge in [0.15, 0.2) is 0 Å². The molecule has 1 aromatic rings. The SMILES string of the molecule is C=[SH+](C)CCOC(=O)c1ccc(C2=C(C(=O)OC)C=CCC2Cl)c(C(=O)OC(C)(C)C)c1. The average molecular weight is 482 g/mol. The van der Waals surface area contributed by atoms with Crippen LogP contribution in [0.1, 0.15) is 53.5 Å². The summed E-state index contributed by atoms with van der Waals surface area (Å²) in [6, 6.07) is 4.57. The first-order chi connectivity index (χ1) is 14.9. The van der Waals surface area contributed by atoms with Crippen LogP contribution in [0, 0.1) is 0 Å². The molecule has 0 fully saturated rings. The number of esters is 3. The van der Waals surface area contributed by atoms with Crippen molar-refractivity contribution in [1.82, 2.24) is 0 Å². The molecule has 0 saturated heterocycles. The van der Waals surface area contributed by atoms with Gasteiger partial charge in [-0.15, -0.1) is 22.1 Å². The number of rotatable bonds is 7. The van der Waals surface area contributed by atoms with Gasteiger partial charge in [-0.1, -0.05) is 18.2 Å². The highest BCUT2D eigenvalue weighted by Gasteiger charge is 2.30. The van der Waals surface area contributed by atoms with Gasteiger partial charge in [0.1, 0.15) is 18.0 Å². The summed E-state index contributed by atoms with van der Waals surface area (Å²) in [5.41, 5.74) is 0.693. The third kappa shape index (κ3) is 6.81. The molecule has 0 radical (unpaired) electrons. The van der Waals surface area contributed by atoms with E-state index in [1.54, 1.807) is 45.1 Å². The van der Waals surface area contributed by atoms with Crippen molar-refractivity contribution in [3.63, 3.8) is 0 Å². The lowest BCUT2D eigenvalue weighted by Gasteiger charge is -2.24. The van der Waals surface area contributed by atoms with Gasteiger partial charge in [0.05, 0.1) is 35.4 Å². The predicted molar refractivity (Wildman–Crippen MR) is 131 cm³/mol. The van der Waals surface area contributed by atoms with Crippen LogP contribution in [0.3, 0.4) is 0 Å². The Labute approximate surface area is 196 Å². The summed E-state index contributed by atoms with van der Waals surface area (Å²) >= 11 is 6.56. The van der Waals surface area contributed by atoms with Gasteiger partial charge >= 0.3 is 17.9 Å². The van der Waals surface area contributed by atoms with Crippen LogP contribution in [0.2, 0.25) is 0 Å². The normalized spacial score (nSPS) is 17.0. The summed E-state index contributed by atoms with van der Waals surface area (Å²) < 4.78 is 15.8. The molecule has 0 aromatic heterocycles. The molecule has 2 atom stereocenters. The number of carbonyl (C=O) groups is 3. The number of benzene rings is 1. The van der Waals surface area contributed by atoms with Crippen molar-refractivity contribution in [3.8, 4) is 0 Å². The van der Waals surface area contributed by atoms with E-state index in [2.05, 4.69) is 5.87 Å². The number of carbonyl (C=O) groups excluding carboxylic acids is 3. The number of hydrogen-bond donors (Lipinski definition) is 0. The molecule has 0 heterocycles. The van der Waals surface area contributed by atoms with E-state index >= 15 is 0 Å². The van der Waals surface area contributed by atoms with E-state index in [4.69, 9.17) is 25.8 Å². The number of allylic oxidation sites excluding steroid dienone is 2. The Morgan fingerprint density at radius 3 is 2.47 bits per heavy atom. The summed E-state index contributed by atoms with van der Waals surface area (Å²) in [4.78, 5) is 38.0. The highest BCUT2D eigenvalue weighted by atomic mass is 35.5.